The maximum atomic E-state index is 6.13. The minimum Gasteiger partial charge on any atom is -0.398 e. The molecule has 0 amide bonds. The van der Waals surface area contributed by atoms with Crippen LogP contribution in [0.4, 0.5) is 5.69 Å². The fourth-order valence-corrected chi connectivity index (χ4v) is 2.58. The summed E-state index contributed by atoms with van der Waals surface area (Å²) in [7, 11) is 0. The zero-order valence-corrected chi connectivity index (χ0v) is 10.7. The molecule has 3 nitrogen and oxygen atoms in total. The molecule has 0 aliphatic carbocycles. The van der Waals surface area contributed by atoms with Gasteiger partial charge in [-0.15, -0.1) is 0 Å². The molecule has 2 aromatic rings. The highest BCUT2D eigenvalue weighted by molar-refractivity contribution is 6.31. The van der Waals surface area contributed by atoms with Gasteiger partial charge in [0.25, 0.3) is 0 Å². The molecule has 4 heteroatoms. The Hall–Kier alpha value is -1.58. The number of halogens is 1. The van der Waals surface area contributed by atoms with E-state index in [1.807, 2.05) is 18.2 Å². The third-order valence-electron chi connectivity index (χ3n) is 3.34. The number of nitrogens with zero attached hydrogens (tertiary/aromatic N) is 2. The minimum absolute atomic E-state index is 0.724. The van der Waals surface area contributed by atoms with E-state index in [9.17, 15) is 0 Å². The summed E-state index contributed by atoms with van der Waals surface area (Å²) in [6.07, 6.45) is 3.47. The van der Waals surface area contributed by atoms with Gasteiger partial charge >= 0.3 is 0 Å². The van der Waals surface area contributed by atoms with Crippen LogP contribution < -0.4 is 5.73 Å². The van der Waals surface area contributed by atoms with E-state index >= 15 is 0 Å². The highest BCUT2D eigenvalue weighted by atomic mass is 35.5. The quantitative estimate of drug-likeness (QED) is 0.844. The molecule has 0 spiro atoms. The van der Waals surface area contributed by atoms with Crippen molar-refractivity contribution in [1.29, 1.82) is 0 Å². The Labute approximate surface area is 111 Å². The molecule has 92 valence electrons. The monoisotopic (exact) mass is 259 g/mol. The molecule has 3 rings (SSSR count). The molecule has 1 aliphatic heterocycles. The van der Waals surface area contributed by atoms with Crippen molar-refractivity contribution in [2.75, 3.05) is 5.73 Å². The van der Waals surface area contributed by atoms with Crippen LogP contribution in [0.25, 0.3) is 0 Å². The Morgan fingerprint density at radius 3 is 2.94 bits per heavy atom. The zero-order chi connectivity index (χ0) is 12.5. The highest BCUT2D eigenvalue weighted by Crippen LogP contribution is 2.29. The van der Waals surface area contributed by atoms with Gasteiger partial charge in [-0.3, -0.25) is 9.88 Å². The standard InChI is InChI=1S/C14H14ClN3/c15-13-6-17-5-4-11(13)8-18-7-10-2-1-3-14(16)12(10)9-18/h1-6H,7-9,16H2. The number of nitrogens with two attached hydrogens (primary N) is 1. The summed E-state index contributed by atoms with van der Waals surface area (Å²) in [6.45, 7) is 2.65. The number of rotatable bonds is 2. The molecule has 0 fully saturated rings. The van der Waals surface area contributed by atoms with Crippen molar-refractivity contribution in [3.63, 3.8) is 0 Å². The van der Waals surface area contributed by atoms with E-state index in [2.05, 4.69) is 16.0 Å². The van der Waals surface area contributed by atoms with Crippen molar-refractivity contribution >= 4 is 17.3 Å². The topological polar surface area (TPSA) is 42.1 Å². The fourth-order valence-electron chi connectivity index (χ4n) is 2.40. The first-order chi connectivity index (χ1) is 8.74. The first-order valence-electron chi connectivity index (χ1n) is 5.91. The molecular formula is C14H14ClN3. The molecule has 0 radical (unpaired) electrons. The van der Waals surface area contributed by atoms with Crippen LogP contribution in [0.3, 0.4) is 0 Å². The maximum absolute atomic E-state index is 6.13. The molecule has 1 aromatic carbocycles. The summed E-state index contributed by atoms with van der Waals surface area (Å²) in [4.78, 5) is 6.34. The molecule has 2 heterocycles. The van der Waals surface area contributed by atoms with E-state index in [4.69, 9.17) is 17.3 Å². The van der Waals surface area contributed by atoms with Crippen LogP contribution in [-0.4, -0.2) is 9.88 Å². The Bertz CT molecular complexity index is 583. The molecule has 0 unspecified atom stereocenters. The number of pyridine rings is 1. The van der Waals surface area contributed by atoms with E-state index in [1.165, 1.54) is 11.1 Å². The third kappa shape index (κ3) is 2.07. The molecule has 1 aliphatic rings. The minimum atomic E-state index is 0.724. The summed E-state index contributed by atoms with van der Waals surface area (Å²) in [5.74, 6) is 0. The van der Waals surface area contributed by atoms with Crippen molar-refractivity contribution < 1.29 is 0 Å². The molecule has 0 saturated carbocycles. The highest BCUT2D eigenvalue weighted by Gasteiger charge is 2.21. The van der Waals surface area contributed by atoms with Gasteiger partial charge in [0.2, 0.25) is 0 Å². The van der Waals surface area contributed by atoms with Crippen LogP contribution >= 0.6 is 11.6 Å². The second-order valence-electron chi connectivity index (χ2n) is 4.60. The van der Waals surface area contributed by atoms with Gasteiger partial charge in [0, 0.05) is 37.7 Å². The van der Waals surface area contributed by atoms with Crippen LogP contribution in [0.1, 0.15) is 16.7 Å². The summed E-state index contributed by atoms with van der Waals surface area (Å²) in [6, 6.07) is 8.08. The third-order valence-corrected chi connectivity index (χ3v) is 3.68. The van der Waals surface area contributed by atoms with Crippen LogP contribution in [0.2, 0.25) is 5.02 Å². The van der Waals surface area contributed by atoms with E-state index < -0.39 is 0 Å². The second kappa shape index (κ2) is 4.59. The van der Waals surface area contributed by atoms with Crippen LogP contribution in [0.5, 0.6) is 0 Å². The molecule has 2 N–H and O–H groups in total. The fraction of sp³-hybridized carbons (Fsp3) is 0.214. The lowest BCUT2D eigenvalue weighted by molar-refractivity contribution is 0.275. The van der Waals surface area contributed by atoms with Gasteiger partial charge in [-0.05, 0) is 28.8 Å². The number of aromatic nitrogens is 1. The average Bonchev–Trinajstić information content (AvgIpc) is 2.76. The van der Waals surface area contributed by atoms with Crippen LogP contribution in [0.15, 0.2) is 36.7 Å². The maximum Gasteiger partial charge on any atom is 0.0634 e. The van der Waals surface area contributed by atoms with Crippen LogP contribution in [-0.2, 0) is 19.6 Å². The van der Waals surface area contributed by atoms with Crippen molar-refractivity contribution in [2.45, 2.75) is 19.6 Å². The predicted molar refractivity (Wildman–Crippen MR) is 73.1 cm³/mol. The normalized spacial score (nSPS) is 14.7. The first-order valence-corrected chi connectivity index (χ1v) is 6.29. The van der Waals surface area contributed by atoms with Gasteiger partial charge in [0.15, 0.2) is 0 Å². The largest absolute Gasteiger partial charge is 0.398 e. The molecule has 0 saturated heterocycles. The van der Waals surface area contributed by atoms with Gasteiger partial charge in [-0.1, -0.05) is 23.7 Å². The molecule has 18 heavy (non-hydrogen) atoms. The number of anilines is 1. The van der Waals surface area contributed by atoms with E-state index in [0.717, 1.165) is 35.9 Å². The number of hydrogen-bond acceptors (Lipinski definition) is 3. The van der Waals surface area contributed by atoms with Gasteiger partial charge in [0.05, 0.1) is 5.02 Å². The van der Waals surface area contributed by atoms with E-state index in [0.29, 0.717) is 0 Å². The molecule has 1 aromatic heterocycles. The Morgan fingerprint density at radius 2 is 2.17 bits per heavy atom. The van der Waals surface area contributed by atoms with Gasteiger partial charge in [-0.2, -0.15) is 0 Å². The Morgan fingerprint density at radius 1 is 1.28 bits per heavy atom. The number of fused-ring (bicyclic) bond motifs is 1. The lowest BCUT2D eigenvalue weighted by atomic mass is 10.1. The van der Waals surface area contributed by atoms with Crippen LogP contribution in [0, 0.1) is 0 Å². The summed E-state index contributed by atoms with van der Waals surface area (Å²) in [5.41, 5.74) is 10.6. The lowest BCUT2D eigenvalue weighted by Crippen LogP contribution is -2.16. The van der Waals surface area contributed by atoms with Gasteiger partial charge < -0.3 is 5.73 Å². The van der Waals surface area contributed by atoms with Crippen molar-refractivity contribution in [3.8, 4) is 0 Å². The first kappa shape index (κ1) is 11.5. The molecular weight excluding hydrogens is 246 g/mol. The van der Waals surface area contributed by atoms with E-state index in [-0.39, 0.29) is 0 Å². The van der Waals surface area contributed by atoms with Crippen molar-refractivity contribution in [3.05, 3.63) is 58.4 Å². The zero-order valence-electron chi connectivity index (χ0n) is 9.94. The summed E-state index contributed by atoms with van der Waals surface area (Å²) < 4.78 is 0. The number of benzene rings is 1. The van der Waals surface area contributed by atoms with Gasteiger partial charge in [0.1, 0.15) is 0 Å². The predicted octanol–water partition coefficient (Wildman–Crippen LogP) is 2.83. The van der Waals surface area contributed by atoms with Crippen molar-refractivity contribution in [1.82, 2.24) is 9.88 Å². The van der Waals surface area contributed by atoms with Crippen molar-refractivity contribution in [2.24, 2.45) is 0 Å². The SMILES string of the molecule is Nc1cccc2c1CN(Cc1ccncc1Cl)C2. The van der Waals surface area contributed by atoms with E-state index in [1.54, 1.807) is 12.4 Å². The lowest BCUT2D eigenvalue weighted by Gasteiger charge is -2.15. The second-order valence-corrected chi connectivity index (χ2v) is 5.00. The Balaban J connectivity index is 1.79. The molecule has 0 atom stereocenters. The average molecular weight is 260 g/mol. The number of nitrogen functional groups attached to an aromatic ring is 1. The molecule has 0 bridgehead atoms. The number of hydrogen-bond donors (Lipinski definition) is 1. The summed E-state index contributed by atoms with van der Waals surface area (Å²) >= 11 is 6.13. The van der Waals surface area contributed by atoms with Gasteiger partial charge in [-0.25, -0.2) is 0 Å². The smallest absolute Gasteiger partial charge is 0.0634 e. The summed E-state index contributed by atoms with van der Waals surface area (Å²) in [5, 5.41) is 0.724. The Kier molecular flexibility index (Phi) is 2.94.